The molecule has 0 bridgehead atoms. The minimum atomic E-state index is -1.81. The molecule has 1 aliphatic heterocycles. The van der Waals surface area contributed by atoms with Gasteiger partial charge in [0, 0.05) is 6.08 Å². The van der Waals surface area contributed by atoms with Gasteiger partial charge in [0.1, 0.15) is 42.5 Å². The third-order valence-electron chi connectivity index (χ3n) is 6.31. The van der Waals surface area contributed by atoms with Crippen LogP contribution in [0.5, 0.6) is 28.7 Å². The zero-order valence-corrected chi connectivity index (χ0v) is 21.8. The molecule has 1 heterocycles. The number of carbonyl (C=O) groups is 2. The number of phenolic OH excluding ortho intramolecular Hbond substituents is 4. The molecule has 42 heavy (non-hydrogen) atoms. The molecule has 0 spiro atoms. The van der Waals surface area contributed by atoms with Gasteiger partial charge >= 0.3 is 5.97 Å². The zero-order valence-electron chi connectivity index (χ0n) is 21.8. The molecule has 3 aromatic carbocycles. The highest BCUT2D eigenvalue weighted by atomic mass is 16.7. The maximum Gasteiger partial charge on any atom is 0.330 e. The summed E-state index contributed by atoms with van der Waals surface area (Å²) < 4.78 is 16.0. The van der Waals surface area contributed by atoms with Crippen molar-refractivity contribution < 1.29 is 59.5 Å². The summed E-state index contributed by atoms with van der Waals surface area (Å²) in [6.07, 6.45) is -3.17. The number of hydrogen-bond donors (Lipinski definition) is 7. The van der Waals surface area contributed by atoms with Crippen LogP contribution in [0.3, 0.4) is 0 Å². The lowest BCUT2D eigenvalue weighted by Gasteiger charge is -2.39. The van der Waals surface area contributed by atoms with Crippen LogP contribution in [-0.4, -0.2) is 84.8 Å². The molecule has 1 saturated heterocycles. The number of ether oxygens (including phenoxy) is 3. The number of esters is 1. The predicted molar refractivity (Wildman–Crippen MR) is 147 cm³/mol. The van der Waals surface area contributed by atoms with Gasteiger partial charge in [-0.15, -0.1) is 0 Å². The minimum Gasteiger partial charge on any atom is -0.508 e. The van der Waals surface area contributed by atoms with Crippen LogP contribution in [0.4, 0.5) is 0 Å². The van der Waals surface area contributed by atoms with E-state index in [9.17, 15) is 45.3 Å². The van der Waals surface area contributed by atoms with Gasteiger partial charge < -0.3 is 50.0 Å². The van der Waals surface area contributed by atoms with Crippen LogP contribution >= 0.6 is 0 Å². The normalized spacial score (nSPS) is 22.3. The van der Waals surface area contributed by atoms with Crippen LogP contribution < -0.4 is 4.74 Å². The number of carbonyl (C=O) groups excluding carboxylic acids is 2. The predicted octanol–water partition coefficient (Wildman–Crippen LogP) is 1.85. The van der Waals surface area contributed by atoms with Gasteiger partial charge in [0.15, 0.2) is 17.3 Å². The average Bonchev–Trinajstić information content (AvgIpc) is 2.98. The molecule has 2 unspecified atom stereocenters. The van der Waals surface area contributed by atoms with Gasteiger partial charge in [0.2, 0.25) is 12.0 Å². The summed E-state index contributed by atoms with van der Waals surface area (Å²) in [5.41, 5.74) is 0.943. The molecule has 12 heteroatoms. The number of aliphatic hydroxyl groups excluding tert-OH is 3. The van der Waals surface area contributed by atoms with Crippen molar-refractivity contribution in [1.82, 2.24) is 0 Å². The van der Waals surface area contributed by atoms with Crippen molar-refractivity contribution in [1.29, 1.82) is 0 Å². The third-order valence-corrected chi connectivity index (χ3v) is 6.31. The first kappa shape index (κ1) is 30.1. The Morgan fingerprint density at radius 1 is 0.714 bits per heavy atom. The standard InChI is InChI=1S/C30H28O12/c31-18-7-1-16(2-8-18)5-12-21(33)20-11-13-22(26(36)25(20)35)41-30-29(39)28(38)27(37)23(42-30)15-40-24(34)14-6-17-3-9-19(32)10-4-17/h1-14,23,27-32,35-39H,15H2/b12-5+,14-6+/t23?,27-,28+,29?,30-/m1/s1. The van der Waals surface area contributed by atoms with Gasteiger partial charge in [-0.25, -0.2) is 4.79 Å². The van der Waals surface area contributed by atoms with E-state index >= 15 is 0 Å². The molecule has 0 radical (unpaired) electrons. The van der Waals surface area contributed by atoms with E-state index in [1.54, 1.807) is 24.3 Å². The van der Waals surface area contributed by atoms with Crippen LogP contribution in [0, 0.1) is 0 Å². The summed E-state index contributed by atoms with van der Waals surface area (Å²) in [7, 11) is 0. The lowest BCUT2D eigenvalue weighted by molar-refractivity contribution is -0.278. The Hall–Kier alpha value is -4.88. The number of allylic oxidation sites excluding steroid dienone is 1. The average molecular weight is 581 g/mol. The van der Waals surface area contributed by atoms with E-state index in [4.69, 9.17) is 14.2 Å². The Kier molecular flexibility index (Phi) is 9.45. The SMILES string of the molecule is O=C(/C=C/c1ccc(O)cc1)OCC1O[C@@H](Oc2ccc(C(=O)/C=C/c3ccc(O)cc3)c(O)c2O)C(O)[C@@H](O)[C@@H]1O. The quantitative estimate of drug-likeness (QED) is 0.0839. The van der Waals surface area contributed by atoms with Gasteiger partial charge in [0.05, 0.1) is 5.56 Å². The van der Waals surface area contributed by atoms with Crippen LogP contribution in [0.1, 0.15) is 21.5 Å². The summed E-state index contributed by atoms with van der Waals surface area (Å²) in [6.45, 7) is -0.540. The second-order valence-corrected chi connectivity index (χ2v) is 9.29. The van der Waals surface area contributed by atoms with E-state index in [1.807, 2.05) is 0 Å². The van der Waals surface area contributed by atoms with Crippen molar-refractivity contribution in [3.63, 3.8) is 0 Å². The smallest absolute Gasteiger partial charge is 0.330 e. The number of hydrogen-bond acceptors (Lipinski definition) is 12. The van der Waals surface area contributed by atoms with E-state index in [-0.39, 0.29) is 17.1 Å². The van der Waals surface area contributed by atoms with Crippen molar-refractivity contribution in [2.45, 2.75) is 30.7 Å². The highest BCUT2D eigenvalue weighted by Gasteiger charge is 2.45. The molecule has 7 N–H and O–H groups in total. The van der Waals surface area contributed by atoms with Crippen LogP contribution in [-0.2, 0) is 14.3 Å². The number of aromatic hydroxyl groups is 4. The molecule has 0 saturated carbocycles. The van der Waals surface area contributed by atoms with Crippen LogP contribution in [0.25, 0.3) is 12.2 Å². The molecule has 3 aromatic rings. The number of rotatable bonds is 9. The van der Waals surface area contributed by atoms with Gasteiger partial charge in [0.25, 0.3) is 0 Å². The highest BCUT2D eigenvalue weighted by molar-refractivity contribution is 6.09. The number of ketones is 1. The lowest BCUT2D eigenvalue weighted by atomic mass is 9.99. The molecule has 1 fully saturated rings. The maximum absolute atomic E-state index is 12.6. The molecule has 0 amide bonds. The number of phenols is 4. The Bertz CT molecular complexity index is 1460. The van der Waals surface area contributed by atoms with E-state index in [0.717, 1.165) is 24.3 Å². The van der Waals surface area contributed by atoms with Crippen LogP contribution in [0.2, 0.25) is 0 Å². The first-order valence-electron chi connectivity index (χ1n) is 12.6. The van der Waals surface area contributed by atoms with E-state index < -0.39 is 66.3 Å². The molecule has 0 aromatic heterocycles. The second kappa shape index (κ2) is 13.2. The second-order valence-electron chi connectivity index (χ2n) is 9.29. The van der Waals surface area contributed by atoms with Crippen molar-refractivity contribution in [2.24, 2.45) is 0 Å². The summed E-state index contributed by atoms with van der Waals surface area (Å²) in [5, 5.41) is 70.5. The van der Waals surface area contributed by atoms with Crippen molar-refractivity contribution in [3.05, 3.63) is 89.5 Å². The molecule has 4 rings (SSSR count). The van der Waals surface area contributed by atoms with E-state index in [1.165, 1.54) is 36.4 Å². The van der Waals surface area contributed by atoms with Gasteiger partial charge in [-0.1, -0.05) is 30.3 Å². The summed E-state index contributed by atoms with van der Waals surface area (Å²) in [4.78, 5) is 24.7. The molecular weight excluding hydrogens is 552 g/mol. The fourth-order valence-electron chi connectivity index (χ4n) is 3.94. The molecule has 0 aliphatic carbocycles. The third kappa shape index (κ3) is 7.25. The Balaban J connectivity index is 1.40. The van der Waals surface area contributed by atoms with Gasteiger partial charge in [-0.2, -0.15) is 0 Å². The zero-order chi connectivity index (χ0) is 30.4. The molecule has 220 valence electrons. The Labute approximate surface area is 239 Å². The maximum atomic E-state index is 12.6. The number of benzene rings is 3. The Morgan fingerprint density at radius 3 is 1.88 bits per heavy atom. The first-order valence-corrected chi connectivity index (χ1v) is 12.6. The van der Waals surface area contributed by atoms with Crippen LogP contribution in [0.15, 0.2) is 72.8 Å². The molecule has 5 atom stereocenters. The molecular formula is C30H28O12. The molecule has 12 nitrogen and oxygen atoms in total. The first-order chi connectivity index (χ1) is 20.0. The summed E-state index contributed by atoms with van der Waals surface area (Å²) in [5.74, 6) is -3.43. The van der Waals surface area contributed by atoms with E-state index in [0.29, 0.717) is 11.1 Å². The van der Waals surface area contributed by atoms with Gasteiger partial charge in [-0.05, 0) is 59.7 Å². The van der Waals surface area contributed by atoms with Crippen molar-refractivity contribution >= 4 is 23.9 Å². The fourth-order valence-corrected chi connectivity index (χ4v) is 3.94. The van der Waals surface area contributed by atoms with Crippen molar-refractivity contribution in [2.75, 3.05) is 6.61 Å². The van der Waals surface area contributed by atoms with Gasteiger partial charge in [-0.3, -0.25) is 4.79 Å². The van der Waals surface area contributed by atoms with E-state index in [2.05, 4.69) is 0 Å². The minimum absolute atomic E-state index is 0.0530. The fraction of sp³-hybridized carbons (Fsp3) is 0.200. The molecule has 1 aliphatic rings. The monoisotopic (exact) mass is 580 g/mol. The number of aliphatic hydroxyl groups is 3. The summed E-state index contributed by atoms with van der Waals surface area (Å²) >= 11 is 0. The Morgan fingerprint density at radius 2 is 1.29 bits per heavy atom. The topological polar surface area (TPSA) is 203 Å². The largest absolute Gasteiger partial charge is 0.508 e. The van der Waals surface area contributed by atoms with Crippen molar-refractivity contribution in [3.8, 4) is 28.7 Å². The summed E-state index contributed by atoms with van der Waals surface area (Å²) in [6, 6.07) is 14.3. The lowest BCUT2D eigenvalue weighted by Crippen LogP contribution is -2.60. The highest BCUT2D eigenvalue weighted by Crippen LogP contribution is 2.40.